The number of hydrogen-bond donors (Lipinski definition) is 1. The molecule has 2 aromatic carbocycles. The number of nitrogens with zero attached hydrogens (tertiary/aromatic N) is 2. The van der Waals surface area contributed by atoms with E-state index in [4.69, 9.17) is 11.6 Å². The molecule has 3 rings (SSSR count). The summed E-state index contributed by atoms with van der Waals surface area (Å²) in [5, 5.41) is 5.36. The molecule has 0 aliphatic carbocycles. The maximum Gasteiger partial charge on any atom is 0.272 e. The standard InChI is InChI=1S/C18H14ClN3O/c1-12-10-15(14-7-3-5-9-17(14)21-12)18(23)22-20-11-13-6-2-4-8-16(13)19/h2-11H,1H3,(H,22,23)/b20-11+. The number of hydrogen-bond acceptors (Lipinski definition) is 3. The number of para-hydroxylation sites is 1. The van der Waals surface area contributed by atoms with Crippen molar-refractivity contribution in [1.82, 2.24) is 10.4 Å². The van der Waals surface area contributed by atoms with Crippen LogP contribution in [0.3, 0.4) is 0 Å². The number of benzene rings is 2. The zero-order valence-corrected chi connectivity index (χ0v) is 13.2. The number of amides is 1. The summed E-state index contributed by atoms with van der Waals surface area (Å²) >= 11 is 6.04. The van der Waals surface area contributed by atoms with E-state index in [1.54, 1.807) is 12.1 Å². The Hall–Kier alpha value is -2.72. The fourth-order valence-corrected chi connectivity index (χ4v) is 2.48. The second kappa shape index (κ2) is 6.58. The van der Waals surface area contributed by atoms with Gasteiger partial charge in [-0.25, -0.2) is 5.43 Å². The fraction of sp³-hybridized carbons (Fsp3) is 0.0556. The highest BCUT2D eigenvalue weighted by Gasteiger charge is 2.11. The van der Waals surface area contributed by atoms with Crippen LogP contribution in [0.4, 0.5) is 0 Å². The minimum atomic E-state index is -0.282. The average molecular weight is 324 g/mol. The molecule has 23 heavy (non-hydrogen) atoms. The van der Waals surface area contributed by atoms with Crippen LogP contribution in [0.1, 0.15) is 21.6 Å². The predicted octanol–water partition coefficient (Wildman–Crippen LogP) is 3.96. The molecule has 0 unspecified atom stereocenters. The zero-order chi connectivity index (χ0) is 16.2. The van der Waals surface area contributed by atoms with Gasteiger partial charge in [0.2, 0.25) is 0 Å². The van der Waals surface area contributed by atoms with E-state index in [0.29, 0.717) is 10.6 Å². The van der Waals surface area contributed by atoms with Crippen LogP contribution in [-0.4, -0.2) is 17.1 Å². The molecule has 114 valence electrons. The summed E-state index contributed by atoms with van der Waals surface area (Å²) < 4.78 is 0. The van der Waals surface area contributed by atoms with Crippen molar-refractivity contribution in [3.63, 3.8) is 0 Å². The van der Waals surface area contributed by atoms with Gasteiger partial charge in [-0.3, -0.25) is 9.78 Å². The van der Waals surface area contributed by atoms with Gasteiger partial charge in [-0.05, 0) is 25.1 Å². The zero-order valence-electron chi connectivity index (χ0n) is 12.5. The van der Waals surface area contributed by atoms with Crippen LogP contribution in [0.5, 0.6) is 0 Å². The van der Waals surface area contributed by atoms with Gasteiger partial charge in [0, 0.05) is 21.7 Å². The van der Waals surface area contributed by atoms with Gasteiger partial charge in [0.05, 0.1) is 17.3 Å². The molecule has 0 spiro atoms. The number of carbonyl (C=O) groups is 1. The molecule has 4 nitrogen and oxygen atoms in total. The molecule has 0 bridgehead atoms. The minimum absolute atomic E-state index is 0.282. The van der Waals surface area contributed by atoms with E-state index >= 15 is 0 Å². The predicted molar refractivity (Wildman–Crippen MR) is 93.0 cm³/mol. The first-order valence-electron chi connectivity index (χ1n) is 7.09. The highest BCUT2D eigenvalue weighted by molar-refractivity contribution is 6.33. The van der Waals surface area contributed by atoms with Gasteiger partial charge in [0.1, 0.15) is 0 Å². The number of pyridine rings is 1. The van der Waals surface area contributed by atoms with Crippen molar-refractivity contribution >= 4 is 34.6 Å². The topological polar surface area (TPSA) is 54.4 Å². The molecule has 1 amide bonds. The first kappa shape index (κ1) is 15.2. The summed E-state index contributed by atoms with van der Waals surface area (Å²) in [7, 11) is 0. The molecule has 0 saturated carbocycles. The maximum atomic E-state index is 12.4. The molecule has 0 aliphatic heterocycles. The Morgan fingerprint density at radius 2 is 1.91 bits per heavy atom. The van der Waals surface area contributed by atoms with Crippen LogP contribution in [0, 0.1) is 6.92 Å². The molecule has 0 aliphatic rings. The first-order valence-corrected chi connectivity index (χ1v) is 7.47. The average Bonchev–Trinajstić information content (AvgIpc) is 2.55. The summed E-state index contributed by atoms with van der Waals surface area (Å²) in [5.74, 6) is -0.282. The first-order chi connectivity index (χ1) is 11.1. The second-order valence-electron chi connectivity index (χ2n) is 5.05. The van der Waals surface area contributed by atoms with Gasteiger partial charge in [0.15, 0.2) is 0 Å². The van der Waals surface area contributed by atoms with Crippen LogP contribution in [0.2, 0.25) is 5.02 Å². The van der Waals surface area contributed by atoms with Crippen LogP contribution in [0.25, 0.3) is 10.9 Å². The van der Waals surface area contributed by atoms with Gasteiger partial charge >= 0.3 is 0 Å². The van der Waals surface area contributed by atoms with Gasteiger partial charge < -0.3 is 0 Å². The highest BCUT2D eigenvalue weighted by atomic mass is 35.5. The van der Waals surface area contributed by atoms with Crippen LogP contribution >= 0.6 is 11.6 Å². The van der Waals surface area contributed by atoms with Crippen molar-refractivity contribution < 1.29 is 4.79 Å². The van der Waals surface area contributed by atoms with Gasteiger partial charge in [0.25, 0.3) is 5.91 Å². The Balaban J connectivity index is 1.86. The lowest BCUT2D eigenvalue weighted by Crippen LogP contribution is -2.18. The molecule has 1 N–H and O–H groups in total. The van der Waals surface area contributed by atoms with E-state index in [1.165, 1.54) is 6.21 Å². The molecular formula is C18H14ClN3O. The van der Waals surface area contributed by atoms with E-state index in [1.807, 2.05) is 49.4 Å². The summed E-state index contributed by atoms with van der Waals surface area (Å²) in [6.07, 6.45) is 1.52. The second-order valence-corrected chi connectivity index (χ2v) is 5.46. The molecule has 1 heterocycles. The number of aromatic nitrogens is 1. The summed E-state index contributed by atoms with van der Waals surface area (Å²) in [6.45, 7) is 1.86. The summed E-state index contributed by atoms with van der Waals surface area (Å²) in [6, 6.07) is 16.6. The molecule has 0 saturated heterocycles. The van der Waals surface area contributed by atoms with E-state index < -0.39 is 0 Å². The number of halogens is 1. The number of fused-ring (bicyclic) bond motifs is 1. The van der Waals surface area contributed by atoms with Crippen LogP contribution in [0.15, 0.2) is 59.7 Å². The Bertz CT molecular complexity index is 906. The molecule has 5 heteroatoms. The number of hydrazone groups is 1. The highest BCUT2D eigenvalue weighted by Crippen LogP contribution is 2.18. The molecule has 0 atom stereocenters. The normalized spacial score (nSPS) is 11.0. The van der Waals surface area contributed by atoms with Crippen molar-refractivity contribution in [2.75, 3.05) is 0 Å². The lowest BCUT2D eigenvalue weighted by molar-refractivity contribution is 0.0956. The van der Waals surface area contributed by atoms with Gasteiger partial charge in [-0.15, -0.1) is 0 Å². The van der Waals surface area contributed by atoms with Crippen LogP contribution in [-0.2, 0) is 0 Å². The Morgan fingerprint density at radius 1 is 1.17 bits per heavy atom. The van der Waals surface area contributed by atoms with E-state index in [2.05, 4.69) is 15.5 Å². The summed E-state index contributed by atoms with van der Waals surface area (Å²) in [4.78, 5) is 16.8. The van der Waals surface area contributed by atoms with Crippen molar-refractivity contribution in [1.29, 1.82) is 0 Å². The van der Waals surface area contributed by atoms with Crippen molar-refractivity contribution in [3.05, 3.63) is 76.4 Å². The van der Waals surface area contributed by atoms with Crippen molar-refractivity contribution in [2.24, 2.45) is 5.10 Å². The third-order valence-electron chi connectivity index (χ3n) is 3.36. The number of aryl methyl sites for hydroxylation is 1. The molecule has 1 aromatic heterocycles. The summed E-state index contributed by atoms with van der Waals surface area (Å²) in [5.41, 5.74) is 5.39. The van der Waals surface area contributed by atoms with Gasteiger partial charge in [-0.2, -0.15) is 5.10 Å². The lowest BCUT2D eigenvalue weighted by atomic mass is 10.1. The van der Waals surface area contributed by atoms with Crippen molar-refractivity contribution in [2.45, 2.75) is 6.92 Å². The molecular weight excluding hydrogens is 310 g/mol. The number of rotatable bonds is 3. The van der Waals surface area contributed by atoms with E-state index in [9.17, 15) is 4.79 Å². The lowest BCUT2D eigenvalue weighted by Gasteiger charge is -2.06. The minimum Gasteiger partial charge on any atom is -0.267 e. The SMILES string of the molecule is Cc1cc(C(=O)N/N=C/c2ccccc2Cl)c2ccccc2n1. The number of nitrogens with one attached hydrogen (secondary N) is 1. The Kier molecular flexibility index (Phi) is 4.35. The van der Waals surface area contributed by atoms with E-state index in [-0.39, 0.29) is 5.91 Å². The van der Waals surface area contributed by atoms with Crippen LogP contribution < -0.4 is 5.43 Å². The largest absolute Gasteiger partial charge is 0.272 e. The maximum absolute atomic E-state index is 12.4. The number of carbonyl (C=O) groups excluding carboxylic acids is 1. The fourth-order valence-electron chi connectivity index (χ4n) is 2.30. The Morgan fingerprint density at radius 3 is 2.74 bits per heavy atom. The monoisotopic (exact) mass is 323 g/mol. The molecule has 3 aromatic rings. The smallest absolute Gasteiger partial charge is 0.267 e. The quantitative estimate of drug-likeness (QED) is 0.586. The third kappa shape index (κ3) is 3.38. The molecule has 0 fully saturated rings. The van der Waals surface area contributed by atoms with Crippen molar-refractivity contribution in [3.8, 4) is 0 Å². The van der Waals surface area contributed by atoms with Gasteiger partial charge in [-0.1, -0.05) is 48.0 Å². The Labute approximate surface area is 138 Å². The molecule has 0 radical (unpaired) electrons. The third-order valence-corrected chi connectivity index (χ3v) is 3.71. The van der Waals surface area contributed by atoms with E-state index in [0.717, 1.165) is 22.2 Å².